The van der Waals surface area contributed by atoms with Crippen LogP contribution < -0.4 is 16.0 Å². The van der Waals surface area contributed by atoms with E-state index in [-0.39, 0.29) is 5.91 Å². The number of anilines is 2. The second kappa shape index (κ2) is 6.61. The Balaban J connectivity index is 2.23. The number of carbonyl (C=O) groups is 1. The van der Waals surface area contributed by atoms with Gasteiger partial charge in [-0.1, -0.05) is 0 Å². The normalized spacial score (nSPS) is 14.1. The van der Waals surface area contributed by atoms with E-state index in [2.05, 4.69) is 10.2 Å². The lowest BCUT2D eigenvalue weighted by Crippen LogP contribution is -2.31. The number of hydrogen-bond donors (Lipinski definition) is 2. The molecule has 1 saturated carbocycles. The number of methoxy groups -OCH3 is 1. The van der Waals surface area contributed by atoms with Gasteiger partial charge in [0.2, 0.25) is 0 Å². The SMILES string of the molecule is CCNC(=O)c1ccc(N)c(N(CCOC)C2CC2)c1. The van der Waals surface area contributed by atoms with Crippen LogP contribution in [0.5, 0.6) is 0 Å². The first-order valence-electron chi connectivity index (χ1n) is 7.10. The van der Waals surface area contributed by atoms with Crippen LogP contribution in [0.15, 0.2) is 18.2 Å². The molecule has 110 valence electrons. The molecule has 5 nitrogen and oxygen atoms in total. The molecule has 0 spiro atoms. The summed E-state index contributed by atoms with van der Waals surface area (Å²) < 4.78 is 5.17. The highest BCUT2D eigenvalue weighted by Crippen LogP contribution is 2.35. The second-order valence-electron chi connectivity index (χ2n) is 5.05. The molecular weight excluding hydrogens is 254 g/mol. The molecule has 1 aromatic carbocycles. The molecule has 2 rings (SSSR count). The van der Waals surface area contributed by atoms with Crippen LogP contribution in [0.1, 0.15) is 30.1 Å². The summed E-state index contributed by atoms with van der Waals surface area (Å²) in [7, 11) is 1.69. The lowest BCUT2D eigenvalue weighted by atomic mass is 10.1. The molecule has 0 atom stereocenters. The first-order valence-corrected chi connectivity index (χ1v) is 7.10. The minimum absolute atomic E-state index is 0.0590. The van der Waals surface area contributed by atoms with E-state index in [1.807, 2.05) is 19.1 Å². The van der Waals surface area contributed by atoms with E-state index < -0.39 is 0 Å². The zero-order chi connectivity index (χ0) is 14.5. The van der Waals surface area contributed by atoms with E-state index >= 15 is 0 Å². The summed E-state index contributed by atoms with van der Waals surface area (Å²) in [4.78, 5) is 14.2. The zero-order valence-corrected chi connectivity index (χ0v) is 12.2. The summed E-state index contributed by atoms with van der Waals surface area (Å²) in [5.74, 6) is -0.0590. The molecule has 0 unspecified atom stereocenters. The summed E-state index contributed by atoms with van der Waals surface area (Å²) in [5, 5.41) is 2.81. The third kappa shape index (κ3) is 3.42. The maximum atomic E-state index is 11.9. The number of nitrogens with zero attached hydrogens (tertiary/aromatic N) is 1. The van der Waals surface area contributed by atoms with Gasteiger partial charge in [0.1, 0.15) is 0 Å². The van der Waals surface area contributed by atoms with E-state index in [0.717, 1.165) is 12.2 Å². The molecule has 1 aromatic rings. The Labute approximate surface area is 120 Å². The maximum absolute atomic E-state index is 11.9. The lowest BCUT2D eigenvalue weighted by Gasteiger charge is -2.26. The molecule has 1 amide bonds. The molecule has 0 bridgehead atoms. The van der Waals surface area contributed by atoms with E-state index in [1.165, 1.54) is 12.8 Å². The Bertz CT molecular complexity index is 472. The number of carbonyl (C=O) groups excluding carboxylic acids is 1. The average molecular weight is 277 g/mol. The molecule has 0 aromatic heterocycles. The number of hydrogen-bond acceptors (Lipinski definition) is 4. The van der Waals surface area contributed by atoms with Gasteiger partial charge in [-0.05, 0) is 38.0 Å². The van der Waals surface area contributed by atoms with Crippen molar-refractivity contribution in [3.8, 4) is 0 Å². The first kappa shape index (κ1) is 14.7. The number of nitrogens with two attached hydrogens (primary N) is 1. The number of rotatable bonds is 7. The highest BCUT2D eigenvalue weighted by molar-refractivity contribution is 5.96. The van der Waals surface area contributed by atoms with Crippen molar-refractivity contribution >= 4 is 17.3 Å². The smallest absolute Gasteiger partial charge is 0.251 e. The standard InChI is InChI=1S/C15H23N3O2/c1-3-17-15(19)11-4-7-13(16)14(10-11)18(8-9-20-2)12-5-6-12/h4,7,10,12H,3,5-6,8-9,16H2,1-2H3,(H,17,19). The van der Waals surface area contributed by atoms with E-state index in [9.17, 15) is 4.79 Å². The molecule has 1 aliphatic rings. The van der Waals surface area contributed by atoms with Crippen molar-refractivity contribution < 1.29 is 9.53 Å². The first-order chi connectivity index (χ1) is 9.67. The Hall–Kier alpha value is -1.75. The van der Waals surface area contributed by atoms with Gasteiger partial charge in [0.15, 0.2) is 0 Å². The van der Waals surface area contributed by atoms with Gasteiger partial charge < -0.3 is 20.7 Å². The molecule has 3 N–H and O–H groups in total. The van der Waals surface area contributed by atoms with Crippen LogP contribution in [0, 0.1) is 0 Å². The molecule has 1 fully saturated rings. The van der Waals surface area contributed by atoms with E-state index in [1.54, 1.807) is 13.2 Å². The van der Waals surface area contributed by atoms with Crippen molar-refractivity contribution in [1.82, 2.24) is 5.32 Å². The lowest BCUT2D eigenvalue weighted by molar-refractivity contribution is 0.0956. The van der Waals surface area contributed by atoms with E-state index in [0.29, 0.717) is 30.4 Å². The number of amides is 1. The molecule has 0 heterocycles. The highest BCUT2D eigenvalue weighted by Gasteiger charge is 2.30. The molecular formula is C15H23N3O2. The topological polar surface area (TPSA) is 67.6 Å². The molecule has 20 heavy (non-hydrogen) atoms. The number of benzene rings is 1. The molecule has 1 aliphatic carbocycles. The largest absolute Gasteiger partial charge is 0.397 e. The summed E-state index contributed by atoms with van der Waals surface area (Å²) in [6, 6.07) is 5.98. The minimum atomic E-state index is -0.0590. The van der Waals surface area contributed by atoms with Crippen molar-refractivity contribution in [3.63, 3.8) is 0 Å². The van der Waals surface area contributed by atoms with Crippen LogP contribution in [0.3, 0.4) is 0 Å². The van der Waals surface area contributed by atoms with Gasteiger partial charge in [0.25, 0.3) is 5.91 Å². The Morgan fingerprint density at radius 1 is 1.50 bits per heavy atom. The highest BCUT2D eigenvalue weighted by atomic mass is 16.5. The summed E-state index contributed by atoms with van der Waals surface area (Å²) >= 11 is 0. The Kier molecular flexibility index (Phi) is 4.84. The van der Waals surface area contributed by atoms with Gasteiger partial charge in [-0.25, -0.2) is 0 Å². The van der Waals surface area contributed by atoms with Crippen LogP contribution in [0.2, 0.25) is 0 Å². The van der Waals surface area contributed by atoms with Crippen LogP contribution >= 0.6 is 0 Å². The third-order valence-corrected chi connectivity index (χ3v) is 3.46. The quantitative estimate of drug-likeness (QED) is 0.743. The van der Waals surface area contributed by atoms with Crippen molar-refractivity contribution in [2.75, 3.05) is 37.4 Å². The Morgan fingerprint density at radius 3 is 2.85 bits per heavy atom. The predicted molar refractivity (Wildman–Crippen MR) is 81.1 cm³/mol. The fourth-order valence-corrected chi connectivity index (χ4v) is 2.27. The third-order valence-electron chi connectivity index (χ3n) is 3.46. The maximum Gasteiger partial charge on any atom is 0.251 e. The van der Waals surface area contributed by atoms with Gasteiger partial charge in [-0.15, -0.1) is 0 Å². The van der Waals surface area contributed by atoms with Gasteiger partial charge >= 0.3 is 0 Å². The summed E-state index contributed by atoms with van der Waals surface area (Å²) in [6.45, 7) is 3.98. The van der Waals surface area contributed by atoms with Gasteiger partial charge in [-0.2, -0.15) is 0 Å². The van der Waals surface area contributed by atoms with Crippen molar-refractivity contribution in [2.24, 2.45) is 0 Å². The molecule has 0 saturated heterocycles. The van der Waals surface area contributed by atoms with Gasteiger partial charge in [0.05, 0.1) is 18.0 Å². The Morgan fingerprint density at radius 2 is 2.25 bits per heavy atom. The fourth-order valence-electron chi connectivity index (χ4n) is 2.27. The van der Waals surface area contributed by atoms with Crippen LogP contribution in [-0.2, 0) is 4.74 Å². The fraction of sp³-hybridized carbons (Fsp3) is 0.533. The monoisotopic (exact) mass is 277 g/mol. The molecule has 0 aliphatic heterocycles. The molecule has 0 radical (unpaired) electrons. The van der Waals surface area contributed by atoms with Crippen LogP contribution in [0.4, 0.5) is 11.4 Å². The molecule has 5 heteroatoms. The zero-order valence-electron chi connectivity index (χ0n) is 12.2. The van der Waals surface area contributed by atoms with Gasteiger partial charge in [0, 0.05) is 31.8 Å². The number of nitrogen functional groups attached to an aromatic ring is 1. The van der Waals surface area contributed by atoms with Crippen LogP contribution in [0.25, 0.3) is 0 Å². The average Bonchev–Trinajstić information content (AvgIpc) is 3.26. The van der Waals surface area contributed by atoms with Crippen molar-refractivity contribution in [1.29, 1.82) is 0 Å². The number of ether oxygens (including phenoxy) is 1. The number of nitrogens with one attached hydrogen (secondary N) is 1. The van der Waals surface area contributed by atoms with Crippen molar-refractivity contribution in [3.05, 3.63) is 23.8 Å². The predicted octanol–water partition coefficient (Wildman–Crippen LogP) is 1.63. The summed E-state index contributed by atoms with van der Waals surface area (Å²) in [6.07, 6.45) is 2.35. The summed E-state index contributed by atoms with van der Waals surface area (Å²) in [5.41, 5.74) is 8.39. The van der Waals surface area contributed by atoms with Crippen molar-refractivity contribution in [2.45, 2.75) is 25.8 Å². The second-order valence-corrected chi connectivity index (χ2v) is 5.05. The van der Waals surface area contributed by atoms with E-state index in [4.69, 9.17) is 10.5 Å². The minimum Gasteiger partial charge on any atom is -0.397 e. The van der Waals surface area contributed by atoms with Gasteiger partial charge in [-0.3, -0.25) is 4.79 Å². The van der Waals surface area contributed by atoms with Crippen LogP contribution in [-0.4, -0.2) is 38.8 Å².